The second-order valence-electron chi connectivity index (χ2n) is 4.22. The van der Waals surface area contributed by atoms with Crippen LogP contribution in [-0.4, -0.2) is 33.3 Å². The van der Waals surface area contributed by atoms with Crippen LogP contribution in [0.5, 0.6) is 11.5 Å². The average molecular weight is 267 g/mol. The molecular formula is C14H21NO4. The third-order valence-corrected chi connectivity index (χ3v) is 3.03. The highest BCUT2D eigenvalue weighted by molar-refractivity contribution is 5.92. The summed E-state index contributed by atoms with van der Waals surface area (Å²) in [5, 5.41) is 0. The first-order chi connectivity index (χ1) is 9.07. The molecule has 0 saturated heterocycles. The number of carbonyl (C=O) groups excluding carboxylic acids is 1. The van der Waals surface area contributed by atoms with Gasteiger partial charge in [-0.05, 0) is 18.9 Å². The van der Waals surface area contributed by atoms with E-state index in [1.807, 2.05) is 6.92 Å². The highest BCUT2D eigenvalue weighted by Gasteiger charge is 2.20. The van der Waals surface area contributed by atoms with Gasteiger partial charge in [-0.3, -0.25) is 0 Å². The van der Waals surface area contributed by atoms with Crippen LogP contribution in [0.25, 0.3) is 0 Å². The van der Waals surface area contributed by atoms with Crippen molar-refractivity contribution in [3.8, 4) is 11.5 Å². The number of hydrogen-bond donors (Lipinski definition) is 1. The molecule has 1 aromatic carbocycles. The first-order valence-corrected chi connectivity index (χ1v) is 6.16. The van der Waals surface area contributed by atoms with Crippen LogP contribution in [-0.2, 0) is 11.2 Å². The van der Waals surface area contributed by atoms with Crippen molar-refractivity contribution >= 4 is 5.97 Å². The van der Waals surface area contributed by atoms with Gasteiger partial charge in [0, 0.05) is 17.7 Å². The van der Waals surface area contributed by atoms with Crippen LogP contribution in [0.15, 0.2) is 12.1 Å². The minimum Gasteiger partial charge on any atom is -0.497 e. The summed E-state index contributed by atoms with van der Waals surface area (Å²) in [7, 11) is 4.43. The maximum atomic E-state index is 11.9. The monoisotopic (exact) mass is 267 g/mol. The van der Waals surface area contributed by atoms with Crippen molar-refractivity contribution < 1.29 is 19.0 Å². The molecule has 1 atom stereocenters. The zero-order chi connectivity index (χ0) is 14.4. The first-order valence-electron chi connectivity index (χ1n) is 6.16. The molecule has 19 heavy (non-hydrogen) atoms. The molecule has 0 amide bonds. The zero-order valence-corrected chi connectivity index (χ0v) is 11.9. The molecule has 1 rings (SSSR count). The van der Waals surface area contributed by atoms with Gasteiger partial charge < -0.3 is 19.9 Å². The summed E-state index contributed by atoms with van der Waals surface area (Å²) < 4.78 is 15.3. The number of rotatable bonds is 6. The van der Waals surface area contributed by atoms with Gasteiger partial charge in [0.2, 0.25) is 0 Å². The second kappa shape index (κ2) is 6.99. The molecule has 0 aliphatic carbocycles. The quantitative estimate of drug-likeness (QED) is 0.795. The van der Waals surface area contributed by atoms with E-state index in [-0.39, 0.29) is 6.04 Å². The Bertz CT molecular complexity index is 445. The van der Waals surface area contributed by atoms with Gasteiger partial charge >= 0.3 is 5.97 Å². The van der Waals surface area contributed by atoms with E-state index >= 15 is 0 Å². The van der Waals surface area contributed by atoms with Crippen molar-refractivity contribution in [1.29, 1.82) is 0 Å². The summed E-state index contributed by atoms with van der Waals surface area (Å²) in [5.74, 6) is 0.713. The van der Waals surface area contributed by atoms with Gasteiger partial charge in [-0.2, -0.15) is 0 Å². The minimum absolute atomic E-state index is 0.0364. The van der Waals surface area contributed by atoms with Crippen LogP contribution >= 0.6 is 0 Å². The Labute approximate surface area is 113 Å². The lowest BCUT2D eigenvalue weighted by Crippen LogP contribution is -2.23. The normalized spacial score (nSPS) is 11.8. The standard InChI is InChI=1S/C14H21NO4/c1-5-9(15)6-11-12(14(16)19-4)7-10(17-2)8-13(11)18-3/h7-9H,5-6,15H2,1-4H3. The van der Waals surface area contributed by atoms with E-state index in [9.17, 15) is 4.79 Å². The Balaban J connectivity index is 3.32. The number of ether oxygens (including phenoxy) is 3. The minimum atomic E-state index is -0.421. The predicted molar refractivity (Wildman–Crippen MR) is 72.9 cm³/mol. The van der Waals surface area contributed by atoms with E-state index < -0.39 is 5.97 Å². The van der Waals surface area contributed by atoms with Crippen molar-refractivity contribution in [2.45, 2.75) is 25.8 Å². The van der Waals surface area contributed by atoms with Crippen LogP contribution < -0.4 is 15.2 Å². The number of benzene rings is 1. The molecule has 0 aliphatic rings. The summed E-state index contributed by atoms with van der Waals surface area (Å²) in [6.07, 6.45) is 1.36. The van der Waals surface area contributed by atoms with Crippen molar-refractivity contribution in [2.24, 2.45) is 5.73 Å². The van der Waals surface area contributed by atoms with E-state index in [4.69, 9.17) is 19.9 Å². The van der Waals surface area contributed by atoms with Gasteiger partial charge in [0.15, 0.2) is 0 Å². The molecule has 1 aromatic rings. The Morgan fingerprint density at radius 1 is 1.26 bits per heavy atom. The highest BCUT2D eigenvalue weighted by atomic mass is 16.5. The van der Waals surface area contributed by atoms with Gasteiger partial charge in [-0.15, -0.1) is 0 Å². The predicted octanol–water partition coefficient (Wildman–Crippen LogP) is 1.77. The van der Waals surface area contributed by atoms with Gasteiger partial charge in [0.1, 0.15) is 11.5 Å². The summed E-state index contributed by atoms with van der Waals surface area (Å²) in [6, 6.07) is 3.35. The van der Waals surface area contributed by atoms with E-state index in [0.29, 0.717) is 23.5 Å². The lowest BCUT2D eigenvalue weighted by molar-refractivity contribution is 0.0598. The van der Waals surface area contributed by atoms with E-state index in [1.54, 1.807) is 19.2 Å². The van der Waals surface area contributed by atoms with Crippen LogP contribution in [0.2, 0.25) is 0 Å². The molecular weight excluding hydrogens is 246 g/mol. The van der Waals surface area contributed by atoms with E-state index in [2.05, 4.69) is 0 Å². The van der Waals surface area contributed by atoms with Crippen molar-refractivity contribution in [1.82, 2.24) is 0 Å². The maximum Gasteiger partial charge on any atom is 0.338 e. The molecule has 2 N–H and O–H groups in total. The Hall–Kier alpha value is -1.75. The molecule has 0 heterocycles. The second-order valence-corrected chi connectivity index (χ2v) is 4.22. The molecule has 0 aromatic heterocycles. The molecule has 0 saturated carbocycles. The number of hydrogen-bond acceptors (Lipinski definition) is 5. The third-order valence-electron chi connectivity index (χ3n) is 3.03. The topological polar surface area (TPSA) is 70.8 Å². The third kappa shape index (κ3) is 3.61. The van der Waals surface area contributed by atoms with Crippen LogP contribution in [0.3, 0.4) is 0 Å². The fourth-order valence-corrected chi connectivity index (χ4v) is 1.83. The Morgan fingerprint density at radius 3 is 2.42 bits per heavy atom. The molecule has 0 aliphatic heterocycles. The molecule has 5 nitrogen and oxygen atoms in total. The summed E-state index contributed by atoms with van der Waals surface area (Å²) in [6.45, 7) is 2.00. The van der Waals surface area contributed by atoms with E-state index in [1.165, 1.54) is 14.2 Å². The van der Waals surface area contributed by atoms with Gasteiger partial charge in [-0.25, -0.2) is 4.79 Å². The van der Waals surface area contributed by atoms with Crippen molar-refractivity contribution in [2.75, 3.05) is 21.3 Å². The SMILES string of the molecule is CCC(N)Cc1c(OC)cc(OC)cc1C(=O)OC. The molecule has 106 valence electrons. The van der Waals surface area contributed by atoms with Gasteiger partial charge in [-0.1, -0.05) is 6.92 Å². The molecule has 0 radical (unpaired) electrons. The molecule has 5 heteroatoms. The largest absolute Gasteiger partial charge is 0.497 e. The Kier molecular flexibility index (Phi) is 5.63. The fraction of sp³-hybridized carbons (Fsp3) is 0.500. The number of esters is 1. The highest BCUT2D eigenvalue weighted by Crippen LogP contribution is 2.30. The fourth-order valence-electron chi connectivity index (χ4n) is 1.83. The molecule has 0 fully saturated rings. The summed E-state index contributed by atoms with van der Waals surface area (Å²) >= 11 is 0. The van der Waals surface area contributed by atoms with Crippen LogP contribution in [0, 0.1) is 0 Å². The first kappa shape index (κ1) is 15.3. The van der Waals surface area contributed by atoms with Crippen LogP contribution in [0.4, 0.5) is 0 Å². The van der Waals surface area contributed by atoms with Gasteiger partial charge in [0.05, 0.1) is 26.9 Å². The van der Waals surface area contributed by atoms with Crippen LogP contribution in [0.1, 0.15) is 29.3 Å². The maximum absolute atomic E-state index is 11.9. The Morgan fingerprint density at radius 2 is 1.95 bits per heavy atom. The summed E-state index contributed by atoms with van der Waals surface area (Å²) in [5.41, 5.74) is 7.16. The molecule has 0 spiro atoms. The number of carbonyl (C=O) groups is 1. The number of nitrogens with two attached hydrogens (primary N) is 1. The molecule has 0 bridgehead atoms. The summed E-state index contributed by atoms with van der Waals surface area (Å²) in [4.78, 5) is 11.9. The van der Waals surface area contributed by atoms with Crippen molar-refractivity contribution in [3.05, 3.63) is 23.3 Å². The zero-order valence-electron chi connectivity index (χ0n) is 11.9. The average Bonchev–Trinajstić information content (AvgIpc) is 2.46. The lowest BCUT2D eigenvalue weighted by Gasteiger charge is -2.17. The van der Waals surface area contributed by atoms with Crippen molar-refractivity contribution in [3.63, 3.8) is 0 Å². The smallest absolute Gasteiger partial charge is 0.338 e. The van der Waals surface area contributed by atoms with E-state index in [0.717, 1.165) is 12.0 Å². The lowest BCUT2D eigenvalue weighted by atomic mass is 9.97. The number of methoxy groups -OCH3 is 3. The molecule has 1 unspecified atom stereocenters. The van der Waals surface area contributed by atoms with Gasteiger partial charge in [0.25, 0.3) is 0 Å².